The molecule has 1 atom stereocenters. The molecule has 0 radical (unpaired) electrons. The predicted molar refractivity (Wildman–Crippen MR) is 166 cm³/mol. The van der Waals surface area contributed by atoms with E-state index in [-0.39, 0.29) is 70.8 Å². The van der Waals surface area contributed by atoms with Gasteiger partial charge in [-0.05, 0) is 36.0 Å². The number of carbonyl (C=O) groups is 4. The van der Waals surface area contributed by atoms with Gasteiger partial charge in [-0.15, -0.1) is 0 Å². The van der Waals surface area contributed by atoms with Gasteiger partial charge in [0.05, 0.1) is 6.61 Å². The molecule has 0 aliphatic heterocycles. The third-order valence-electron chi connectivity index (χ3n) is 6.48. The highest BCUT2D eigenvalue weighted by molar-refractivity contribution is 5.71. The monoisotopic (exact) mass is 619 g/mol. The van der Waals surface area contributed by atoms with Crippen LogP contribution >= 0.6 is 0 Å². The van der Waals surface area contributed by atoms with Crippen molar-refractivity contribution in [1.29, 1.82) is 0 Å². The van der Waals surface area contributed by atoms with Crippen molar-refractivity contribution in [3.05, 3.63) is 108 Å². The minimum absolute atomic E-state index is 0.106. The summed E-state index contributed by atoms with van der Waals surface area (Å²) < 4.78 is 27.0. The summed E-state index contributed by atoms with van der Waals surface area (Å²) in [6.45, 7) is 0.640. The van der Waals surface area contributed by atoms with E-state index in [2.05, 4.69) is 5.32 Å². The van der Waals surface area contributed by atoms with Crippen LogP contribution in [0.3, 0.4) is 0 Å². The number of benzene rings is 3. The lowest BCUT2D eigenvalue weighted by molar-refractivity contribution is -0.150. The number of amides is 1. The molecule has 0 aliphatic carbocycles. The van der Waals surface area contributed by atoms with Crippen molar-refractivity contribution in [3.63, 3.8) is 0 Å². The van der Waals surface area contributed by atoms with Crippen LogP contribution < -0.4 is 5.32 Å². The largest absolute Gasteiger partial charge is 0.463 e. The maximum atomic E-state index is 12.3. The fraction of sp³-hybridized carbons (Fsp3) is 0.371. The number of hydrogen-bond acceptors (Lipinski definition) is 9. The highest BCUT2D eigenvalue weighted by Crippen LogP contribution is 2.09. The van der Waals surface area contributed by atoms with Gasteiger partial charge in [-0.25, -0.2) is 4.79 Å². The molecule has 0 aliphatic rings. The third kappa shape index (κ3) is 16.1. The van der Waals surface area contributed by atoms with Crippen LogP contribution in [0.5, 0.6) is 0 Å². The summed E-state index contributed by atoms with van der Waals surface area (Å²) in [4.78, 5) is 48.4. The Kier molecular flexibility index (Phi) is 16.3. The van der Waals surface area contributed by atoms with E-state index in [9.17, 15) is 19.2 Å². The zero-order valence-corrected chi connectivity index (χ0v) is 25.4. The lowest BCUT2D eigenvalue weighted by Crippen LogP contribution is -2.32. The van der Waals surface area contributed by atoms with Gasteiger partial charge >= 0.3 is 24.0 Å². The van der Waals surface area contributed by atoms with Crippen molar-refractivity contribution in [2.45, 2.75) is 64.4 Å². The van der Waals surface area contributed by atoms with Crippen LogP contribution in [-0.2, 0) is 57.9 Å². The molecule has 3 aromatic carbocycles. The first-order chi connectivity index (χ1) is 22.0. The predicted octanol–water partition coefficient (Wildman–Crippen LogP) is 5.67. The van der Waals surface area contributed by atoms with E-state index < -0.39 is 18.2 Å². The van der Waals surface area contributed by atoms with Crippen molar-refractivity contribution >= 4 is 24.0 Å². The molecule has 1 unspecified atom stereocenters. The summed E-state index contributed by atoms with van der Waals surface area (Å²) in [5.41, 5.74) is 2.73. The highest BCUT2D eigenvalue weighted by atomic mass is 16.6. The lowest BCUT2D eigenvalue weighted by Gasteiger charge is -2.18. The summed E-state index contributed by atoms with van der Waals surface area (Å²) in [6.07, 6.45) is 0.470. The molecule has 0 saturated carbocycles. The Morgan fingerprint density at radius 3 is 1.44 bits per heavy atom. The maximum Gasteiger partial charge on any atom is 0.407 e. The second-order valence-corrected chi connectivity index (χ2v) is 10.2. The smallest absolute Gasteiger partial charge is 0.407 e. The normalized spacial score (nSPS) is 11.2. The Morgan fingerprint density at radius 1 is 0.511 bits per heavy atom. The molecule has 1 N–H and O–H groups in total. The summed E-state index contributed by atoms with van der Waals surface area (Å²) in [6, 6.07) is 28.2. The first-order valence-electron chi connectivity index (χ1n) is 15.1. The number of alkyl carbamates (subject to hydrolysis) is 1. The molecule has 1 amide bonds. The van der Waals surface area contributed by atoms with Crippen molar-refractivity contribution in [2.24, 2.45) is 0 Å². The van der Waals surface area contributed by atoms with Gasteiger partial charge in [-0.2, -0.15) is 0 Å². The number of unbranched alkanes of at least 4 members (excludes halogenated alkanes) is 1. The molecule has 3 aromatic rings. The van der Waals surface area contributed by atoms with Crippen molar-refractivity contribution in [2.75, 3.05) is 19.8 Å². The summed E-state index contributed by atoms with van der Waals surface area (Å²) >= 11 is 0. The zero-order chi connectivity index (χ0) is 32.0. The molecule has 0 fully saturated rings. The average Bonchev–Trinajstić information content (AvgIpc) is 3.07. The standard InChI is InChI=1S/C35H41NO9/c37-32(42-24-29-15-6-2-7-16-29)19-10-11-20-33(38)44-26-31(41-23-28-13-4-1-5-14-28)27-45-35(40)36-22-12-21-34(39)43-25-30-17-8-3-9-18-30/h1-9,13-18,31H,10-12,19-27H2,(H,36,40). The van der Waals surface area contributed by atoms with Crippen LogP contribution in [0.4, 0.5) is 4.79 Å². The van der Waals surface area contributed by atoms with Gasteiger partial charge in [-0.3, -0.25) is 14.4 Å². The average molecular weight is 620 g/mol. The van der Waals surface area contributed by atoms with E-state index in [1.54, 1.807) is 0 Å². The van der Waals surface area contributed by atoms with Crippen molar-refractivity contribution in [1.82, 2.24) is 5.32 Å². The van der Waals surface area contributed by atoms with Crippen LogP contribution in [-0.4, -0.2) is 49.9 Å². The molecule has 0 aromatic heterocycles. The summed E-state index contributed by atoms with van der Waals surface area (Å²) in [5, 5.41) is 2.60. The Balaban J connectivity index is 1.30. The Morgan fingerprint density at radius 2 is 0.933 bits per heavy atom. The third-order valence-corrected chi connectivity index (χ3v) is 6.48. The van der Waals surface area contributed by atoms with E-state index in [0.717, 1.165) is 16.7 Å². The van der Waals surface area contributed by atoms with Gasteiger partial charge in [0, 0.05) is 25.8 Å². The van der Waals surface area contributed by atoms with Crippen LogP contribution in [0.15, 0.2) is 91.0 Å². The summed E-state index contributed by atoms with van der Waals surface area (Å²) in [7, 11) is 0. The summed E-state index contributed by atoms with van der Waals surface area (Å²) in [5.74, 6) is -1.11. The van der Waals surface area contributed by atoms with Gasteiger partial charge < -0.3 is 29.0 Å². The Bertz CT molecular complexity index is 1210. The first kappa shape index (κ1) is 34.8. The number of hydrogen-bond donors (Lipinski definition) is 1. The van der Waals surface area contributed by atoms with Gasteiger partial charge in [0.15, 0.2) is 0 Å². The number of rotatable bonds is 20. The number of nitrogens with one attached hydrogen (secondary N) is 1. The Hall–Kier alpha value is -4.70. The second kappa shape index (κ2) is 21.1. The fourth-order valence-electron chi connectivity index (χ4n) is 3.99. The minimum atomic E-state index is -0.694. The van der Waals surface area contributed by atoms with Gasteiger partial charge in [-0.1, -0.05) is 91.0 Å². The molecular weight excluding hydrogens is 578 g/mol. The molecule has 0 spiro atoms. The number of carbonyl (C=O) groups excluding carboxylic acids is 4. The van der Waals surface area contributed by atoms with Crippen LogP contribution in [0.2, 0.25) is 0 Å². The van der Waals surface area contributed by atoms with Crippen LogP contribution in [0.25, 0.3) is 0 Å². The Labute approximate surface area is 264 Å². The maximum absolute atomic E-state index is 12.3. The SMILES string of the molecule is O=C(CCCCC(=O)OCC(COC(=O)NCCCC(=O)OCc1ccccc1)OCc1ccccc1)OCc1ccccc1. The molecule has 240 valence electrons. The molecular formula is C35H41NO9. The zero-order valence-electron chi connectivity index (χ0n) is 25.4. The van der Waals surface area contributed by atoms with Gasteiger partial charge in [0.25, 0.3) is 0 Å². The van der Waals surface area contributed by atoms with Crippen molar-refractivity contribution < 1.29 is 42.9 Å². The van der Waals surface area contributed by atoms with E-state index in [1.165, 1.54) is 0 Å². The molecule has 0 bridgehead atoms. The number of esters is 3. The topological polar surface area (TPSA) is 126 Å². The number of ether oxygens (including phenoxy) is 5. The van der Waals surface area contributed by atoms with Gasteiger partial charge in [0.2, 0.25) is 0 Å². The van der Waals surface area contributed by atoms with E-state index >= 15 is 0 Å². The molecule has 10 nitrogen and oxygen atoms in total. The minimum Gasteiger partial charge on any atom is -0.463 e. The van der Waals surface area contributed by atoms with Gasteiger partial charge in [0.1, 0.15) is 32.5 Å². The second-order valence-electron chi connectivity index (χ2n) is 10.2. The molecule has 45 heavy (non-hydrogen) atoms. The fourth-order valence-corrected chi connectivity index (χ4v) is 3.99. The first-order valence-corrected chi connectivity index (χ1v) is 15.1. The van der Waals surface area contributed by atoms with E-state index in [0.29, 0.717) is 19.3 Å². The van der Waals surface area contributed by atoms with E-state index in [1.807, 2.05) is 91.0 Å². The molecule has 0 heterocycles. The van der Waals surface area contributed by atoms with Crippen molar-refractivity contribution in [3.8, 4) is 0 Å². The van der Waals surface area contributed by atoms with Crippen LogP contribution in [0.1, 0.15) is 55.2 Å². The quantitative estimate of drug-likeness (QED) is 0.0967. The highest BCUT2D eigenvalue weighted by Gasteiger charge is 2.16. The molecule has 3 rings (SSSR count). The molecule has 10 heteroatoms. The van der Waals surface area contributed by atoms with Crippen LogP contribution in [0, 0.1) is 0 Å². The molecule has 0 saturated heterocycles. The van der Waals surface area contributed by atoms with E-state index in [4.69, 9.17) is 23.7 Å². The lowest BCUT2D eigenvalue weighted by atomic mass is 10.2.